The Bertz CT molecular complexity index is 559. The molecule has 3 aliphatic heterocycles. The Hall–Kier alpha value is -1.88. The van der Waals surface area contributed by atoms with Gasteiger partial charge >= 0.3 is 6.01 Å². The van der Waals surface area contributed by atoms with E-state index in [0.717, 1.165) is 17.7 Å². The third kappa shape index (κ3) is 2.18. The molecule has 0 unspecified atom stereocenters. The van der Waals surface area contributed by atoms with E-state index in [2.05, 4.69) is 14.9 Å². The van der Waals surface area contributed by atoms with Crippen molar-refractivity contribution in [3.8, 4) is 17.1 Å². The SMILES string of the molecule is c1cc(-c2cnc(O[C@H]3CN4CCC3CC4)nc2)co1. The van der Waals surface area contributed by atoms with Crippen LogP contribution in [0, 0.1) is 5.92 Å². The first-order valence-corrected chi connectivity index (χ1v) is 7.12. The highest BCUT2D eigenvalue weighted by atomic mass is 16.5. The maximum atomic E-state index is 5.97. The summed E-state index contributed by atoms with van der Waals surface area (Å²) in [5.41, 5.74) is 1.93. The zero-order chi connectivity index (χ0) is 13.4. The van der Waals surface area contributed by atoms with Gasteiger partial charge < -0.3 is 9.15 Å². The van der Waals surface area contributed by atoms with Crippen molar-refractivity contribution in [1.29, 1.82) is 0 Å². The van der Waals surface area contributed by atoms with Gasteiger partial charge in [0.2, 0.25) is 0 Å². The van der Waals surface area contributed by atoms with Crippen LogP contribution in [0.4, 0.5) is 0 Å². The fourth-order valence-electron chi connectivity index (χ4n) is 3.13. The minimum atomic E-state index is 0.247. The van der Waals surface area contributed by atoms with Crippen molar-refractivity contribution in [3.63, 3.8) is 0 Å². The second-order valence-corrected chi connectivity index (χ2v) is 5.56. The van der Waals surface area contributed by atoms with Crippen LogP contribution in [0.2, 0.25) is 0 Å². The number of ether oxygens (including phenoxy) is 1. The second kappa shape index (κ2) is 4.90. The van der Waals surface area contributed by atoms with E-state index in [-0.39, 0.29) is 6.10 Å². The third-order valence-electron chi connectivity index (χ3n) is 4.34. The zero-order valence-electron chi connectivity index (χ0n) is 11.2. The molecular formula is C15H17N3O2. The van der Waals surface area contributed by atoms with E-state index in [4.69, 9.17) is 9.15 Å². The Morgan fingerprint density at radius 1 is 1.15 bits per heavy atom. The molecule has 1 atom stereocenters. The smallest absolute Gasteiger partial charge is 0.316 e. The quantitative estimate of drug-likeness (QED) is 0.856. The van der Waals surface area contributed by atoms with E-state index >= 15 is 0 Å². The summed E-state index contributed by atoms with van der Waals surface area (Å²) in [5.74, 6) is 0.664. The highest BCUT2D eigenvalue weighted by molar-refractivity contribution is 5.59. The number of rotatable bonds is 3. The molecule has 3 fully saturated rings. The number of nitrogens with zero attached hydrogens (tertiary/aromatic N) is 3. The van der Waals surface area contributed by atoms with Gasteiger partial charge in [0.1, 0.15) is 6.10 Å². The number of hydrogen-bond acceptors (Lipinski definition) is 5. The Labute approximate surface area is 117 Å². The van der Waals surface area contributed by atoms with Crippen molar-refractivity contribution < 1.29 is 9.15 Å². The van der Waals surface area contributed by atoms with E-state index in [9.17, 15) is 0 Å². The summed E-state index contributed by atoms with van der Waals surface area (Å²) in [6.45, 7) is 3.44. The van der Waals surface area contributed by atoms with Crippen molar-refractivity contribution in [1.82, 2.24) is 14.9 Å². The summed E-state index contributed by atoms with van der Waals surface area (Å²) in [7, 11) is 0. The van der Waals surface area contributed by atoms with Crippen LogP contribution >= 0.6 is 0 Å². The van der Waals surface area contributed by atoms with Gasteiger partial charge in [-0.1, -0.05) is 0 Å². The Morgan fingerprint density at radius 2 is 1.95 bits per heavy atom. The van der Waals surface area contributed by atoms with Crippen molar-refractivity contribution in [3.05, 3.63) is 31.0 Å². The van der Waals surface area contributed by atoms with Gasteiger partial charge in [-0.3, -0.25) is 4.90 Å². The molecule has 2 aromatic heterocycles. The lowest BCUT2D eigenvalue weighted by molar-refractivity contribution is -0.0123. The van der Waals surface area contributed by atoms with Gasteiger partial charge in [0, 0.05) is 30.1 Å². The molecular weight excluding hydrogens is 254 g/mol. The lowest BCUT2D eigenvalue weighted by atomic mass is 9.86. The highest BCUT2D eigenvalue weighted by Gasteiger charge is 2.35. The van der Waals surface area contributed by atoms with E-state index < -0.39 is 0 Å². The Morgan fingerprint density at radius 3 is 2.55 bits per heavy atom. The standard InChI is InChI=1S/C15H17N3O2/c1-4-18-5-2-11(1)14(9-18)20-15-16-7-13(8-17-15)12-3-6-19-10-12/h3,6-8,10-11,14H,1-2,4-5,9H2/t14-/m0/s1. The second-order valence-electron chi connectivity index (χ2n) is 5.56. The molecule has 0 N–H and O–H groups in total. The Balaban J connectivity index is 1.47. The molecule has 0 aromatic carbocycles. The predicted molar refractivity (Wildman–Crippen MR) is 73.3 cm³/mol. The van der Waals surface area contributed by atoms with Crippen LogP contribution in [0.3, 0.4) is 0 Å². The van der Waals surface area contributed by atoms with Gasteiger partial charge in [-0.15, -0.1) is 0 Å². The summed E-state index contributed by atoms with van der Waals surface area (Å²) in [4.78, 5) is 11.1. The number of hydrogen-bond donors (Lipinski definition) is 0. The average molecular weight is 271 g/mol. The molecule has 3 saturated heterocycles. The molecule has 0 amide bonds. The van der Waals surface area contributed by atoms with Crippen molar-refractivity contribution in [2.24, 2.45) is 5.92 Å². The molecule has 3 aliphatic rings. The van der Waals surface area contributed by atoms with Crippen molar-refractivity contribution >= 4 is 0 Å². The van der Waals surface area contributed by atoms with E-state index in [1.54, 1.807) is 24.9 Å². The van der Waals surface area contributed by atoms with Crippen LogP contribution in [-0.4, -0.2) is 40.6 Å². The van der Waals surface area contributed by atoms with Crippen LogP contribution < -0.4 is 4.74 Å². The molecule has 0 radical (unpaired) electrons. The molecule has 2 bridgehead atoms. The van der Waals surface area contributed by atoms with E-state index in [1.807, 2.05) is 6.07 Å². The lowest BCUT2D eigenvalue weighted by Crippen LogP contribution is -2.52. The Kier molecular flexibility index (Phi) is 2.92. The predicted octanol–water partition coefficient (Wildman–Crippen LogP) is 2.21. The van der Waals surface area contributed by atoms with Gasteiger partial charge in [0.15, 0.2) is 0 Å². The summed E-state index contributed by atoms with van der Waals surface area (Å²) in [6.07, 6.45) is 9.62. The molecule has 5 rings (SSSR count). The highest BCUT2D eigenvalue weighted by Crippen LogP contribution is 2.30. The van der Waals surface area contributed by atoms with Crippen LogP contribution in [0.1, 0.15) is 12.8 Å². The summed E-state index contributed by atoms with van der Waals surface area (Å²) in [6, 6.07) is 2.38. The first-order chi connectivity index (χ1) is 9.88. The zero-order valence-corrected chi connectivity index (χ0v) is 11.2. The molecule has 0 aliphatic carbocycles. The van der Waals surface area contributed by atoms with E-state index in [0.29, 0.717) is 11.9 Å². The summed E-state index contributed by atoms with van der Waals surface area (Å²) >= 11 is 0. The van der Waals surface area contributed by atoms with Gasteiger partial charge in [-0.2, -0.15) is 0 Å². The minimum Gasteiger partial charge on any atom is -0.472 e. The van der Waals surface area contributed by atoms with Gasteiger partial charge in [-0.25, -0.2) is 9.97 Å². The fraction of sp³-hybridized carbons (Fsp3) is 0.467. The third-order valence-corrected chi connectivity index (χ3v) is 4.34. The van der Waals surface area contributed by atoms with Crippen molar-refractivity contribution in [2.45, 2.75) is 18.9 Å². The van der Waals surface area contributed by atoms with Gasteiger partial charge in [0.05, 0.1) is 12.5 Å². The van der Waals surface area contributed by atoms with Gasteiger partial charge in [0.25, 0.3) is 0 Å². The first kappa shape index (κ1) is 11.9. The van der Waals surface area contributed by atoms with Crippen molar-refractivity contribution in [2.75, 3.05) is 19.6 Å². The monoisotopic (exact) mass is 271 g/mol. The normalized spacial score (nSPS) is 28.5. The van der Waals surface area contributed by atoms with Crippen LogP contribution in [0.5, 0.6) is 6.01 Å². The van der Waals surface area contributed by atoms with Crippen LogP contribution in [0.25, 0.3) is 11.1 Å². The van der Waals surface area contributed by atoms with Crippen LogP contribution in [-0.2, 0) is 0 Å². The number of piperidine rings is 3. The molecule has 5 nitrogen and oxygen atoms in total. The maximum absolute atomic E-state index is 5.97. The lowest BCUT2D eigenvalue weighted by Gasteiger charge is -2.43. The minimum absolute atomic E-state index is 0.247. The largest absolute Gasteiger partial charge is 0.472 e. The fourth-order valence-corrected chi connectivity index (χ4v) is 3.13. The molecule has 5 heterocycles. The topological polar surface area (TPSA) is 51.4 Å². The number of aromatic nitrogens is 2. The molecule has 20 heavy (non-hydrogen) atoms. The van der Waals surface area contributed by atoms with Gasteiger partial charge in [-0.05, 0) is 37.9 Å². The number of furan rings is 1. The first-order valence-electron chi connectivity index (χ1n) is 7.12. The molecule has 0 spiro atoms. The number of fused-ring (bicyclic) bond motifs is 3. The summed E-state index contributed by atoms with van der Waals surface area (Å²) in [5, 5.41) is 0. The molecule has 5 heteroatoms. The maximum Gasteiger partial charge on any atom is 0.316 e. The molecule has 0 saturated carbocycles. The molecule has 104 valence electrons. The van der Waals surface area contributed by atoms with E-state index in [1.165, 1.54) is 25.9 Å². The average Bonchev–Trinajstić information content (AvgIpc) is 3.04. The molecule has 2 aromatic rings. The van der Waals surface area contributed by atoms with Crippen LogP contribution in [0.15, 0.2) is 35.4 Å². The summed E-state index contributed by atoms with van der Waals surface area (Å²) < 4.78 is 11.0.